The van der Waals surface area contributed by atoms with E-state index in [1.165, 1.54) is 12.1 Å². The standard InChI is InChI=1S/C22H25Cl2FN2O5/c1-22(2,32-16-5-3-14(23)4-6-16)21(30)27-12-15(28)9-10-26-20(29)13-31-17-7-8-18(24)19(25)11-17/h3-8,11,15,28H,9-10,12-13H2,1-2H3,(H,26,29)(H,27,30)/t15-/m0/s1. The van der Waals surface area contributed by atoms with Crippen molar-refractivity contribution in [2.24, 2.45) is 0 Å². The Morgan fingerprint density at radius 3 is 2.41 bits per heavy atom. The molecule has 0 radical (unpaired) electrons. The van der Waals surface area contributed by atoms with Crippen LogP contribution in [0.1, 0.15) is 20.3 Å². The minimum atomic E-state index is -1.17. The number of aliphatic hydroxyl groups is 1. The Labute approximate surface area is 195 Å². The Balaban J connectivity index is 1.65. The normalized spacial score (nSPS) is 12.1. The van der Waals surface area contributed by atoms with Gasteiger partial charge < -0.3 is 25.2 Å². The van der Waals surface area contributed by atoms with E-state index < -0.39 is 29.3 Å². The molecule has 2 aromatic rings. The third-order valence-electron chi connectivity index (χ3n) is 4.29. The first kappa shape index (κ1) is 25.7. The Morgan fingerprint density at radius 2 is 1.75 bits per heavy atom. The number of carbonyl (C=O) groups excluding carboxylic acids is 2. The zero-order chi connectivity index (χ0) is 23.7. The van der Waals surface area contributed by atoms with Gasteiger partial charge in [0.2, 0.25) is 0 Å². The molecule has 0 aromatic heterocycles. The highest BCUT2D eigenvalue weighted by Crippen LogP contribution is 2.21. The maximum absolute atomic E-state index is 13.3. The zero-order valence-electron chi connectivity index (χ0n) is 17.7. The first-order valence-electron chi connectivity index (χ1n) is 9.82. The van der Waals surface area contributed by atoms with Gasteiger partial charge in [-0.2, -0.15) is 0 Å². The fourth-order valence-corrected chi connectivity index (χ4v) is 2.76. The number of rotatable bonds is 11. The molecule has 0 heterocycles. The molecule has 0 fully saturated rings. The molecule has 0 unspecified atom stereocenters. The van der Waals surface area contributed by atoms with Crippen molar-refractivity contribution < 1.29 is 28.6 Å². The maximum atomic E-state index is 13.3. The van der Waals surface area contributed by atoms with Gasteiger partial charge in [0.1, 0.15) is 17.3 Å². The van der Waals surface area contributed by atoms with E-state index in [2.05, 4.69) is 10.6 Å². The van der Waals surface area contributed by atoms with Crippen molar-refractivity contribution in [1.29, 1.82) is 0 Å². The molecule has 10 heteroatoms. The lowest BCUT2D eigenvalue weighted by Crippen LogP contribution is -2.48. The quantitative estimate of drug-likeness (QED) is 0.452. The second-order valence-corrected chi connectivity index (χ2v) is 8.28. The van der Waals surface area contributed by atoms with Crippen molar-refractivity contribution in [3.8, 4) is 11.5 Å². The topological polar surface area (TPSA) is 96.9 Å². The predicted molar refractivity (Wildman–Crippen MR) is 120 cm³/mol. The maximum Gasteiger partial charge on any atom is 0.263 e. The van der Waals surface area contributed by atoms with Crippen LogP contribution in [0.2, 0.25) is 10.0 Å². The number of benzene rings is 2. The number of amides is 2. The van der Waals surface area contributed by atoms with Crippen molar-refractivity contribution in [3.05, 3.63) is 58.3 Å². The van der Waals surface area contributed by atoms with E-state index in [0.29, 0.717) is 10.8 Å². The molecule has 0 aliphatic carbocycles. The number of carbonyl (C=O) groups is 2. The molecule has 7 nitrogen and oxygen atoms in total. The first-order chi connectivity index (χ1) is 15.1. The van der Waals surface area contributed by atoms with Crippen molar-refractivity contribution in [3.63, 3.8) is 0 Å². The first-order valence-corrected chi connectivity index (χ1v) is 10.6. The predicted octanol–water partition coefficient (Wildman–Crippen LogP) is 3.35. The van der Waals surface area contributed by atoms with Crippen LogP contribution in [0, 0.1) is 5.82 Å². The molecule has 32 heavy (non-hydrogen) atoms. The van der Waals surface area contributed by atoms with Crippen LogP contribution in [0.15, 0.2) is 42.5 Å². The zero-order valence-corrected chi connectivity index (χ0v) is 19.2. The Bertz CT molecular complexity index is 925. The average molecular weight is 487 g/mol. The van der Waals surface area contributed by atoms with Gasteiger partial charge >= 0.3 is 0 Å². The largest absolute Gasteiger partial charge is 0.484 e. The van der Waals surface area contributed by atoms with Crippen molar-refractivity contribution >= 4 is 35.0 Å². The highest BCUT2D eigenvalue weighted by Gasteiger charge is 2.30. The SMILES string of the molecule is CC(C)(Oc1ccc(Cl)cc1)C(=O)NC[C@@H](O)CCNC(=O)COc1ccc(Cl)c(F)c1. The molecular formula is C22H25Cl2FN2O5. The molecule has 0 saturated carbocycles. The summed E-state index contributed by atoms with van der Waals surface area (Å²) in [6, 6.07) is 10.5. The third kappa shape index (κ3) is 8.53. The van der Waals surface area contributed by atoms with Crippen LogP contribution < -0.4 is 20.1 Å². The molecule has 0 aliphatic heterocycles. The Morgan fingerprint density at radius 1 is 1.09 bits per heavy atom. The number of hydrogen-bond acceptors (Lipinski definition) is 5. The van der Waals surface area contributed by atoms with Crippen molar-refractivity contribution in [1.82, 2.24) is 10.6 Å². The van der Waals surface area contributed by atoms with E-state index in [1.54, 1.807) is 38.1 Å². The van der Waals surface area contributed by atoms with Gasteiger partial charge in [0.15, 0.2) is 12.2 Å². The summed E-state index contributed by atoms with van der Waals surface area (Å²) in [6.45, 7) is 3.05. The minimum absolute atomic E-state index is 0.0112. The van der Waals surface area contributed by atoms with Gasteiger partial charge in [-0.25, -0.2) is 4.39 Å². The number of halogens is 3. The van der Waals surface area contributed by atoms with E-state index in [-0.39, 0.29) is 36.9 Å². The Kier molecular flexibility index (Phi) is 9.56. The fraction of sp³-hybridized carbons (Fsp3) is 0.364. The summed E-state index contributed by atoms with van der Waals surface area (Å²) < 4.78 is 24.2. The number of hydrogen-bond donors (Lipinski definition) is 3. The molecule has 2 aromatic carbocycles. The van der Waals surface area contributed by atoms with E-state index in [0.717, 1.165) is 6.07 Å². The fourth-order valence-electron chi connectivity index (χ4n) is 2.51. The lowest BCUT2D eigenvalue weighted by Gasteiger charge is -2.26. The van der Waals surface area contributed by atoms with Crippen LogP contribution >= 0.6 is 23.2 Å². The molecule has 0 saturated heterocycles. The summed E-state index contributed by atoms with van der Waals surface area (Å²) in [4.78, 5) is 24.2. The smallest absolute Gasteiger partial charge is 0.263 e. The van der Waals surface area contributed by atoms with E-state index in [1.807, 2.05) is 0 Å². The molecule has 0 bridgehead atoms. The monoisotopic (exact) mass is 486 g/mol. The summed E-state index contributed by atoms with van der Waals surface area (Å²) in [5.74, 6) is -0.820. The van der Waals surface area contributed by atoms with Crippen molar-refractivity contribution in [2.75, 3.05) is 19.7 Å². The summed E-state index contributed by atoms with van der Waals surface area (Å²) >= 11 is 11.4. The highest BCUT2D eigenvalue weighted by atomic mass is 35.5. The third-order valence-corrected chi connectivity index (χ3v) is 4.85. The van der Waals surface area contributed by atoms with Gasteiger partial charge in [-0.3, -0.25) is 9.59 Å². The molecule has 1 atom stereocenters. The van der Waals surface area contributed by atoms with Gasteiger partial charge in [-0.15, -0.1) is 0 Å². The molecule has 174 valence electrons. The van der Waals surface area contributed by atoms with E-state index >= 15 is 0 Å². The summed E-state index contributed by atoms with van der Waals surface area (Å²) in [5, 5.41) is 15.8. The van der Waals surface area contributed by atoms with Crippen LogP contribution in [0.5, 0.6) is 11.5 Å². The van der Waals surface area contributed by atoms with Crippen LogP contribution in [0.4, 0.5) is 4.39 Å². The Hall–Kier alpha value is -2.55. The molecule has 0 aliphatic rings. The van der Waals surface area contributed by atoms with Crippen LogP contribution in [0.3, 0.4) is 0 Å². The van der Waals surface area contributed by atoms with E-state index in [9.17, 15) is 19.1 Å². The summed E-state index contributed by atoms with van der Waals surface area (Å²) in [6.07, 6.45) is -0.670. The second-order valence-electron chi connectivity index (χ2n) is 7.43. The molecule has 3 N–H and O–H groups in total. The van der Waals surface area contributed by atoms with Gasteiger partial charge in [0.25, 0.3) is 11.8 Å². The van der Waals surface area contributed by atoms with Gasteiger partial charge in [0.05, 0.1) is 11.1 Å². The average Bonchev–Trinajstić information content (AvgIpc) is 2.74. The molecule has 2 rings (SSSR count). The van der Waals surface area contributed by atoms with Crippen LogP contribution in [-0.2, 0) is 9.59 Å². The second kappa shape index (κ2) is 11.9. The van der Waals surface area contributed by atoms with Crippen LogP contribution in [0.25, 0.3) is 0 Å². The number of ether oxygens (including phenoxy) is 2. The van der Waals surface area contributed by atoms with Crippen molar-refractivity contribution in [2.45, 2.75) is 32.0 Å². The lowest BCUT2D eigenvalue weighted by molar-refractivity contribution is -0.134. The number of aliphatic hydroxyl groups excluding tert-OH is 1. The van der Waals surface area contributed by atoms with Gasteiger partial charge in [-0.05, 0) is 56.7 Å². The lowest BCUT2D eigenvalue weighted by atomic mass is 10.1. The van der Waals surface area contributed by atoms with E-state index in [4.69, 9.17) is 32.7 Å². The molecule has 2 amide bonds. The van der Waals surface area contributed by atoms with Crippen LogP contribution in [-0.4, -0.2) is 48.3 Å². The van der Waals surface area contributed by atoms with Gasteiger partial charge in [-0.1, -0.05) is 23.2 Å². The minimum Gasteiger partial charge on any atom is -0.484 e. The molecular weight excluding hydrogens is 462 g/mol. The summed E-state index contributed by atoms with van der Waals surface area (Å²) in [7, 11) is 0. The summed E-state index contributed by atoms with van der Waals surface area (Å²) in [5.41, 5.74) is -1.17. The number of nitrogens with one attached hydrogen (secondary N) is 2. The molecule has 0 spiro atoms. The van der Waals surface area contributed by atoms with Gasteiger partial charge in [0, 0.05) is 24.2 Å². The highest BCUT2D eigenvalue weighted by molar-refractivity contribution is 6.31.